The molecule has 4 rings (SSSR count). The molecule has 0 aliphatic carbocycles. The third-order valence-electron chi connectivity index (χ3n) is 13.1. The molecular weight excluding hydrogens is 1100 g/mol. The van der Waals surface area contributed by atoms with E-state index in [1.165, 1.54) is 18.7 Å². The molecule has 0 saturated carbocycles. The maximum Gasteiger partial charge on any atom is 0.327 e. The molecule has 0 fully saturated rings. The zero-order valence-electron chi connectivity index (χ0n) is 48.3. The lowest BCUT2D eigenvalue weighted by atomic mass is 9.83. The van der Waals surface area contributed by atoms with Crippen LogP contribution in [0.15, 0.2) is 72.9 Å². The van der Waals surface area contributed by atoms with Gasteiger partial charge in [-0.2, -0.15) is 0 Å². The monoisotopic (exact) mass is 1180 g/mol. The maximum absolute atomic E-state index is 15.5. The van der Waals surface area contributed by atoms with E-state index in [9.17, 15) is 52.6 Å². The Morgan fingerprint density at radius 2 is 1.37 bits per heavy atom. The number of nitrogens with two attached hydrogens (primary N) is 1. The minimum absolute atomic E-state index is 0.0000593. The van der Waals surface area contributed by atoms with Gasteiger partial charge in [-0.15, -0.1) is 11.8 Å². The molecule has 0 saturated heterocycles. The summed E-state index contributed by atoms with van der Waals surface area (Å²) in [7, 11) is 0. The molecule has 1 aromatic heterocycles. The molecule has 1 aliphatic heterocycles. The molecule has 2 aromatic carbocycles. The lowest BCUT2D eigenvalue weighted by Crippen LogP contribution is -2.56. The van der Waals surface area contributed by atoms with Gasteiger partial charge in [0.25, 0.3) is 11.8 Å². The number of aliphatic carboxylic acids is 1. The number of thioether (sulfide) groups is 1. The Morgan fingerprint density at radius 3 is 1.95 bits per heavy atom. The summed E-state index contributed by atoms with van der Waals surface area (Å²) in [5.41, 5.74) is 6.83. The van der Waals surface area contributed by atoms with Crippen LogP contribution in [0.25, 0.3) is 11.1 Å². The highest BCUT2D eigenvalue weighted by Gasteiger charge is 2.39. The van der Waals surface area contributed by atoms with Gasteiger partial charge in [-0.1, -0.05) is 65.0 Å². The Hall–Kier alpha value is -7.06. The summed E-state index contributed by atoms with van der Waals surface area (Å²) in [6.45, 7) is 14.0. The largest absolute Gasteiger partial charge is 0.480 e. The van der Waals surface area contributed by atoms with E-state index in [0.717, 1.165) is 52.6 Å². The van der Waals surface area contributed by atoms with Crippen molar-refractivity contribution in [2.45, 2.75) is 98.4 Å². The summed E-state index contributed by atoms with van der Waals surface area (Å²) in [6, 6.07) is 9.94. The molecule has 1 aliphatic rings. The van der Waals surface area contributed by atoms with E-state index in [2.05, 4.69) is 16.0 Å². The molecule has 0 unspecified atom stereocenters. The summed E-state index contributed by atoms with van der Waals surface area (Å²) in [5, 5.41) is 17.6. The van der Waals surface area contributed by atoms with Crippen LogP contribution >= 0.6 is 11.8 Å². The summed E-state index contributed by atoms with van der Waals surface area (Å²) in [6.07, 6.45) is 3.98. The van der Waals surface area contributed by atoms with E-state index in [0.29, 0.717) is 11.3 Å². The average Bonchev–Trinajstić information content (AvgIpc) is 2.78. The van der Waals surface area contributed by atoms with Crippen molar-refractivity contribution >= 4 is 65.0 Å². The Balaban J connectivity index is 1.37. The van der Waals surface area contributed by atoms with Crippen LogP contribution in [0.4, 0.5) is 8.78 Å². The van der Waals surface area contributed by atoms with Crippen molar-refractivity contribution in [2.75, 3.05) is 90.5 Å². The number of primary amides is 1. The number of benzene rings is 2. The van der Waals surface area contributed by atoms with Crippen molar-refractivity contribution in [3.63, 3.8) is 0 Å². The normalized spacial score (nSPS) is 13.8. The maximum atomic E-state index is 15.5. The Morgan fingerprint density at radius 1 is 0.771 bits per heavy atom. The number of carboxylic acid groups (broad SMARTS) is 1. The van der Waals surface area contributed by atoms with E-state index in [1.807, 2.05) is 55.7 Å². The Labute approximate surface area is 487 Å². The van der Waals surface area contributed by atoms with Crippen LogP contribution in [0.5, 0.6) is 0 Å². The number of ether oxygens (including phenoxy) is 4. The number of hydrogen-bond donors (Lipinski definition) is 5. The predicted molar refractivity (Wildman–Crippen MR) is 305 cm³/mol. The van der Waals surface area contributed by atoms with Crippen LogP contribution in [0.2, 0.25) is 0 Å². The van der Waals surface area contributed by atoms with Crippen molar-refractivity contribution < 1.29 is 76.0 Å². The van der Waals surface area contributed by atoms with Crippen LogP contribution in [0, 0.1) is 23.0 Å². The van der Waals surface area contributed by atoms with E-state index in [4.69, 9.17) is 24.7 Å². The second-order valence-electron chi connectivity index (χ2n) is 21.1. The molecule has 22 nitrogen and oxygen atoms in total. The minimum Gasteiger partial charge on any atom is -0.480 e. The van der Waals surface area contributed by atoms with Gasteiger partial charge in [-0.3, -0.25) is 43.3 Å². The molecular formula is C58H80F2N8O14S. The zero-order chi connectivity index (χ0) is 61.2. The first-order valence-corrected chi connectivity index (χ1v) is 28.6. The number of hydrogen-bond acceptors (Lipinski definition) is 14. The smallest absolute Gasteiger partial charge is 0.327 e. The molecule has 8 amide bonds. The van der Waals surface area contributed by atoms with Gasteiger partial charge in [0.15, 0.2) is 0 Å². The van der Waals surface area contributed by atoms with E-state index >= 15 is 4.39 Å². The molecule has 0 bridgehead atoms. The second-order valence-corrected chi connectivity index (χ2v) is 22.1. The van der Waals surface area contributed by atoms with Crippen molar-refractivity contribution in [3.8, 4) is 11.1 Å². The van der Waals surface area contributed by atoms with E-state index in [-0.39, 0.29) is 128 Å². The van der Waals surface area contributed by atoms with Crippen molar-refractivity contribution in [1.82, 2.24) is 35.2 Å². The van der Waals surface area contributed by atoms with Crippen molar-refractivity contribution in [3.05, 3.63) is 95.8 Å². The van der Waals surface area contributed by atoms with E-state index < -0.39 is 94.5 Å². The van der Waals surface area contributed by atoms with E-state index in [1.54, 1.807) is 31.0 Å². The second kappa shape index (κ2) is 34.5. The summed E-state index contributed by atoms with van der Waals surface area (Å²) in [5.74, 6) is -7.55. The highest BCUT2D eigenvalue weighted by atomic mass is 32.2. The van der Waals surface area contributed by atoms with Crippen LogP contribution < -0.4 is 21.7 Å². The number of rotatable bonds is 38. The van der Waals surface area contributed by atoms with Gasteiger partial charge in [-0.05, 0) is 54.5 Å². The summed E-state index contributed by atoms with van der Waals surface area (Å²) in [4.78, 5) is 118. The van der Waals surface area contributed by atoms with Gasteiger partial charge in [-0.25, -0.2) is 13.6 Å². The number of aromatic nitrogens is 1. The standard InChI is InChI=1S/C58H80F2N8O14S/c1-38(2)53(64-49(71)19-24-79-26-28-81-30-31-82-29-27-80-25-20-62-48(70)18-23-67-50(72)16-17-51(67)73)56(76)66(39(3)55(61)75)21-11-22-68(52(74)37-83-36-46(57(77)78)63-40(4)69)54(58(5,6)7)47-32-42(44-33-43(59)14-15-45(44)60)35-65(47)34-41-12-9-8-10-13-41/h8-10,12-17,32-33,35,38-39,46,53-54H,11,18-31,34,36-37H2,1-7H3,(H2,61,75)(H,62,70)(H,63,69)(H,64,71)(H,77,78)/t39-,46-,53-,54-/m0/s1. The molecule has 0 radical (unpaired) electrons. The van der Waals surface area contributed by atoms with Gasteiger partial charge in [0.05, 0.1) is 64.6 Å². The lowest BCUT2D eigenvalue weighted by Gasteiger charge is -2.41. The minimum atomic E-state index is -1.29. The number of carbonyl (C=O) groups is 9. The summed E-state index contributed by atoms with van der Waals surface area (Å²) < 4.78 is 54.1. The van der Waals surface area contributed by atoms with Gasteiger partial charge >= 0.3 is 5.97 Å². The third kappa shape index (κ3) is 22.9. The molecule has 4 atom stereocenters. The van der Waals surface area contributed by atoms with Crippen LogP contribution in [0.1, 0.15) is 85.0 Å². The third-order valence-corrected chi connectivity index (χ3v) is 14.1. The first-order valence-electron chi connectivity index (χ1n) is 27.5. The quantitative estimate of drug-likeness (QED) is 0.0403. The Kier molecular flexibility index (Phi) is 28.5. The zero-order valence-corrected chi connectivity index (χ0v) is 49.1. The number of imide groups is 1. The number of nitrogens with one attached hydrogen (secondary N) is 3. The van der Waals surface area contributed by atoms with Crippen LogP contribution in [0.3, 0.4) is 0 Å². The first kappa shape index (κ1) is 68.4. The molecule has 456 valence electrons. The fourth-order valence-electron chi connectivity index (χ4n) is 8.92. The number of carboxylic acids is 1. The molecule has 2 heterocycles. The Bertz CT molecular complexity index is 2690. The molecule has 83 heavy (non-hydrogen) atoms. The fraction of sp³-hybridized carbons (Fsp3) is 0.534. The molecule has 3 aromatic rings. The average molecular weight is 1180 g/mol. The topological polar surface area (TPSA) is 288 Å². The number of halogens is 2. The number of carbonyl (C=O) groups excluding carboxylic acids is 8. The first-order chi connectivity index (χ1) is 39.4. The van der Waals surface area contributed by atoms with Crippen LogP contribution in [-0.2, 0) is 68.6 Å². The number of amides is 8. The van der Waals surface area contributed by atoms with Crippen molar-refractivity contribution in [1.29, 1.82) is 0 Å². The molecule has 25 heteroatoms. The lowest BCUT2D eigenvalue weighted by molar-refractivity contribution is -0.143. The number of nitrogens with zero attached hydrogens (tertiary/aromatic N) is 4. The summed E-state index contributed by atoms with van der Waals surface area (Å²) >= 11 is 0.996. The molecule has 0 spiro atoms. The van der Waals surface area contributed by atoms with Crippen molar-refractivity contribution in [2.24, 2.45) is 17.1 Å². The fourth-order valence-corrected chi connectivity index (χ4v) is 9.84. The highest BCUT2D eigenvalue weighted by molar-refractivity contribution is 8.00. The van der Waals surface area contributed by atoms with Gasteiger partial charge in [0, 0.05) is 93.4 Å². The predicted octanol–water partition coefficient (Wildman–Crippen LogP) is 3.84. The van der Waals surface area contributed by atoms with Gasteiger partial charge in [0.1, 0.15) is 29.8 Å². The highest BCUT2D eigenvalue weighted by Crippen LogP contribution is 2.41. The van der Waals surface area contributed by atoms with Crippen LogP contribution in [-0.4, -0.2) is 186 Å². The SMILES string of the molecule is CC(=O)N[C@@H](CSCC(=O)N(CCCN(C(=O)[C@@H](NC(=O)CCOCCOCCOCCOCCNC(=O)CCN1C(=O)C=CC1=O)C(C)C)[C@@H](C)C(N)=O)[C@@H](c1cc(-c2cc(F)ccc2F)cn1Cc1ccccc1)C(C)(C)C)C(=O)O. The van der Waals surface area contributed by atoms with Gasteiger partial charge < -0.3 is 60.1 Å². The molecule has 6 N–H and O–H groups in total. The van der Waals surface area contributed by atoms with Gasteiger partial charge in [0.2, 0.25) is 35.4 Å².